The van der Waals surface area contributed by atoms with Crippen molar-refractivity contribution >= 4 is 23.3 Å². The van der Waals surface area contributed by atoms with Gasteiger partial charge in [-0.05, 0) is 29.9 Å². The lowest BCUT2D eigenvalue weighted by Gasteiger charge is -2.18. The van der Waals surface area contributed by atoms with Gasteiger partial charge in [-0.3, -0.25) is 24.5 Å². The average Bonchev–Trinajstić information content (AvgIpc) is 2.88. The molecule has 8 nitrogen and oxygen atoms in total. The number of esters is 1. The summed E-state index contributed by atoms with van der Waals surface area (Å²) in [5, 5.41) is 13.6. The van der Waals surface area contributed by atoms with Gasteiger partial charge in [0.25, 0.3) is 5.91 Å². The third kappa shape index (κ3) is 5.85. The summed E-state index contributed by atoms with van der Waals surface area (Å²) in [7, 11) is 0. The molecule has 29 heavy (non-hydrogen) atoms. The molecule has 1 aromatic carbocycles. The molecule has 1 aliphatic carbocycles. The second-order valence-electron chi connectivity index (χ2n) is 8.04. The van der Waals surface area contributed by atoms with E-state index in [4.69, 9.17) is 4.74 Å². The fraction of sp³-hybridized carbons (Fsp3) is 0.571. The van der Waals surface area contributed by atoms with Crippen LogP contribution < -0.4 is 5.32 Å². The van der Waals surface area contributed by atoms with Crippen molar-refractivity contribution in [1.82, 2.24) is 0 Å². The lowest BCUT2D eigenvalue weighted by Crippen LogP contribution is -2.28. The first kappa shape index (κ1) is 22.5. The Morgan fingerprint density at radius 3 is 2.66 bits per heavy atom. The van der Waals surface area contributed by atoms with Gasteiger partial charge in [0, 0.05) is 28.9 Å². The topological polar surface area (TPSA) is 116 Å². The third-order valence-electron chi connectivity index (χ3n) is 5.49. The van der Waals surface area contributed by atoms with E-state index in [1.165, 1.54) is 0 Å². The van der Waals surface area contributed by atoms with E-state index in [-0.39, 0.29) is 37.0 Å². The number of ketones is 1. The van der Waals surface area contributed by atoms with Gasteiger partial charge < -0.3 is 10.1 Å². The molecule has 0 radical (unpaired) electrons. The van der Waals surface area contributed by atoms with Crippen LogP contribution in [0.3, 0.4) is 0 Å². The van der Waals surface area contributed by atoms with Crippen molar-refractivity contribution in [3.05, 3.63) is 39.4 Å². The highest BCUT2D eigenvalue weighted by atomic mass is 16.6. The average molecular weight is 404 g/mol. The molecule has 1 aliphatic rings. The van der Waals surface area contributed by atoms with E-state index in [9.17, 15) is 24.5 Å². The maximum absolute atomic E-state index is 12.3. The highest BCUT2D eigenvalue weighted by Crippen LogP contribution is 2.36. The normalized spacial score (nSPS) is 21.3. The number of rotatable bonds is 8. The summed E-state index contributed by atoms with van der Waals surface area (Å²) in [6.45, 7) is 6.88. The van der Waals surface area contributed by atoms with Gasteiger partial charge in [0.05, 0.1) is 6.42 Å². The minimum absolute atomic E-state index is 0.149. The summed E-state index contributed by atoms with van der Waals surface area (Å²) in [5.41, 5.74) is 2.59. The minimum Gasteiger partial charge on any atom is -0.456 e. The third-order valence-corrected chi connectivity index (χ3v) is 5.49. The number of carbonyl (C=O) groups excluding carboxylic acids is 3. The van der Waals surface area contributed by atoms with Gasteiger partial charge in [0.2, 0.25) is 6.54 Å². The van der Waals surface area contributed by atoms with Crippen LogP contribution in [0.25, 0.3) is 0 Å². The van der Waals surface area contributed by atoms with Crippen LogP contribution in [0.2, 0.25) is 0 Å². The molecule has 1 N–H and O–H groups in total. The van der Waals surface area contributed by atoms with E-state index in [0.29, 0.717) is 5.69 Å². The first-order chi connectivity index (χ1) is 13.6. The lowest BCUT2D eigenvalue weighted by molar-refractivity contribution is -0.490. The Labute approximate surface area is 170 Å². The summed E-state index contributed by atoms with van der Waals surface area (Å²) in [4.78, 5) is 46.9. The quantitative estimate of drug-likeness (QED) is 0.404. The maximum Gasteiger partial charge on any atom is 0.307 e. The van der Waals surface area contributed by atoms with E-state index in [0.717, 1.165) is 11.1 Å². The molecule has 1 fully saturated rings. The van der Waals surface area contributed by atoms with Crippen molar-refractivity contribution in [3.8, 4) is 0 Å². The SMILES string of the molecule is Cc1cccc(C(C)C)c1NC(=O)COC(=O)C[C@@H]1C(=O)C[C@@H](C)[C@H]1C[N+](=O)[O-]. The van der Waals surface area contributed by atoms with Crippen LogP contribution in [0.4, 0.5) is 5.69 Å². The molecule has 0 aliphatic heterocycles. The summed E-state index contributed by atoms with van der Waals surface area (Å²) in [5.74, 6) is -2.48. The first-order valence-electron chi connectivity index (χ1n) is 9.79. The molecule has 1 aromatic rings. The van der Waals surface area contributed by atoms with Crippen LogP contribution in [-0.2, 0) is 19.1 Å². The fourth-order valence-corrected chi connectivity index (χ4v) is 3.90. The molecule has 0 bridgehead atoms. The molecular weight excluding hydrogens is 376 g/mol. The molecule has 0 spiro atoms. The van der Waals surface area contributed by atoms with Crippen molar-refractivity contribution in [2.24, 2.45) is 17.8 Å². The maximum atomic E-state index is 12.3. The zero-order valence-corrected chi connectivity index (χ0v) is 17.3. The number of hydrogen-bond acceptors (Lipinski definition) is 6. The molecule has 0 aromatic heterocycles. The number of nitro groups is 1. The Morgan fingerprint density at radius 2 is 2.03 bits per heavy atom. The highest BCUT2D eigenvalue weighted by Gasteiger charge is 2.44. The zero-order chi connectivity index (χ0) is 21.7. The number of ether oxygens (including phenoxy) is 1. The molecule has 1 amide bonds. The van der Waals surface area contributed by atoms with Crippen LogP contribution in [0, 0.1) is 34.8 Å². The van der Waals surface area contributed by atoms with Crippen LogP contribution >= 0.6 is 0 Å². The number of aryl methyl sites for hydroxylation is 1. The molecule has 0 unspecified atom stereocenters. The Morgan fingerprint density at radius 1 is 1.34 bits per heavy atom. The van der Waals surface area contributed by atoms with Crippen molar-refractivity contribution in [3.63, 3.8) is 0 Å². The lowest BCUT2D eigenvalue weighted by atomic mass is 9.88. The molecule has 8 heteroatoms. The van der Waals surface area contributed by atoms with Crippen LogP contribution in [0.1, 0.15) is 50.7 Å². The second kappa shape index (κ2) is 9.62. The number of benzene rings is 1. The van der Waals surface area contributed by atoms with E-state index in [1.807, 2.05) is 39.0 Å². The first-order valence-corrected chi connectivity index (χ1v) is 9.79. The summed E-state index contributed by atoms with van der Waals surface area (Å²) in [6, 6.07) is 5.73. The van der Waals surface area contributed by atoms with E-state index >= 15 is 0 Å². The molecule has 3 atom stereocenters. The summed E-state index contributed by atoms with van der Waals surface area (Å²) >= 11 is 0. The summed E-state index contributed by atoms with van der Waals surface area (Å²) < 4.78 is 5.04. The number of para-hydroxylation sites is 1. The number of amides is 1. The van der Waals surface area contributed by atoms with Crippen LogP contribution in [0.15, 0.2) is 18.2 Å². The number of anilines is 1. The van der Waals surface area contributed by atoms with Gasteiger partial charge in [0.15, 0.2) is 6.61 Å². The predicted octanol–water partition coefficient (Wildman–Crippen LogP) is 3.11. The highest BCUT2D eigenvalue weighted by molar-refractivity contribution is 5.94. The number of Topliss-reactive ketones (excluding diaryl/α,β-unsaturated/α-hetero) is 1. The van der Waals surface area contributed by atoms with E-state index in [2.05, 4.69) is 5.32 Å². The Hall–Kier alpha value is -2.77. The van der Waals surface area contributed by atoms with Gasteiger partial charge in [-0.1, -0.05) is 39.0 Å². The fourth-order valence-electron chi connectivity index (χ4n) is 3.90. The number of carbonyl (C=O) groups is 3. The number of nitrogens with one attached hydrogen (secondary N) is 1. The smallest absolute Gasteiger partial charge is 0.307 e. The van der Waals surface area contributed by atoms with Crippen molar-refractivity contribution in [2.45, 2.75) is 46.5 Å². The second-order valence-corrected chi connectivity index (χ2v) is 8.04. The molecule has 0 saturated heterocycles. The van der Waals surface area contributed by atoms with Gasteiger partial charge in [-0.15, -0.1) is 0 Å². The standard InChI is InChI=1S/C21H28N2O6/c1-12(2)15-7-5-6-13(3)21(15)22-19(25)11-29-20(26)9-16-17(10-23(27)28)14(4)8-18(16)24/h5-7,12,14,16-17H,8-11H2,1-4H3,(H,22,25)/t14-,16+,17-/m1/s1. The number of hydrogen-bond donors (Lipinski definition) is 1. The predicted molar refractivity (Wildman–Crippen MR) is 107 cm³/mol. The molecular formula is C21H28N2O6. The summed E-state index contributed by atoms with van der Waals surface area (Å²) in [6.07, 6.45) is -0.0151. The molecule has 0 heterocycles. The van der Waals surface area contributed by atoms with E-state index in [1.54, 1.807) is 6.92 Å². The number of nitrogens with zero attached hydrogens (tertiary/aromatic N) is 1. The molecule has 158 valence electrons. The van der Waals surface area contributed by atoms with Gasteiger partial charge in [-0.2, -0.15) is 0 Å². The Bertz CT molecular complexity index is 804. The Kier molecular flexibility index (Phi) is 7.47. The van der Waals surface area contributed by atoms with Crippen LogP contribution in [0.5, 0.6) is 0 Å². The van der Waals surface area contributed by atoms with E-state index < -0.39 is 35.2 Å². The monoisotopic (exact) mass is 404 g/mol. The van der Waals surface area contributed by atoms with Crippen molar-refractivity contribution in [2.75, 3.05) is 18.5 Å². The van der Waals surface area contributed by atoms with Crippen molar-refractivity contribution in [1.29, 1.82) is 0 Å². The Balaban J connectivity index is 1.93. The van der Waals surface area contributed by atoms with Gasteiger partial charge in [0.1, 0.15) is 5.78 Å². The molecule has 1 saturated carbocycles. The zero-order valence-electron chi connectivity index (χ0n) is 17.3. The minimum atomic E-state index is -0.727. The van der Waals surface area contributed by atoms with Crippen molar-refractivity contribution < 1.29 is 24.0 Å². The van der Waals surface area contributed by atoms with Gasteiger partial charge in [-0.25, -0.2) is 0 Å². The molecule has 2 rings (SSSR count). The van der Waals surface area contributed by atoms with Gasteiger partial charge >= 0.3 is 5.97 Å². The largest absolute Gasteiger partial charge is 0.456 e. The van der Waals surface area contributed by atoms with Crippen LogP contribution in [-0.4, -0.2) is 35.7 Å².